The van der Waals surface area contributed by atoms with Crippen molar-refractivity contribution in [3.8, 4) is 0 Å². The van der Waals surface area contributed by atoms with E-state index in [4.69, 9.17) is 5.73 Å². The largest absolute Gasteiger partial charge is 0.343 e. The van der Waals surface area contributed by atoms with Crippen LogP contribution in [0.25, 0.3) is 0 Å². The van der Waals surface area contributed by atoms with E-state index >= 15 is 0 Å². The van der Waals surface area contributed by atoms with Gasteiger partial charge in [-0.15, -0.1) is 0 Å². The lowest BCUT2D eigenvalue weighted by Gasteiger charge is -2.33. The fourth-order valence-electron chi connectivity index (χ4n) is 3.33. The zero-order valence-electron chi connectivity index (χ0n) is 14.3. The average molecular weight is 298 g/mol. The summed E-state index contributed by atoms with van der Waals surface area (Å²) in [5.74, 6) is 0.223. The lowest BCUT2D eigenvalue weighted by atomic mass is 10.1. The van der Waals surface area contributed by atoms with Crippen molar-refractivity contribution in [2.45, 2.75) is 52.1 Å². The number of hydrogen-bond donors (Lipinski definition) is 1. The van der Waals surface area contributed by atoms with Crippen LogP contribution in [0.4, 0.5) is 0 Å². The molecule has 0 bridgehead atoms. The Morgan fingerprint density at radius 2 is 2.00 bits per heavy atom. The molecule has 1 rings (SSSR count). The molecule has 124 valence electrons. The van der Waals surface area contributed by atoms with Crippen LogP contribution in [-0.2, 0) is 4.79 Å². The van der Waals surface area contributed by atoms with Crippen molar-refractivity contribution in [2.24, 2.45) is 5.73 Å². The van der Waals surface area contributed by atoms with Gasteiger partial charge >= 0.3 is 0 Å². The zero-order valence-corrected chi connectivity index (χ0v) is 14.3. The Balaban J connectivity index is 2.52. The van der Waals surface area contributed by atoms with E-state index in [9.17, 15) is 4.79 Å². The molecule has 5 nitrogen and oxygen atoms in total. The number of rotatable bonds is 9. The molecule has 0 aromatic rings. The highest BCUT2D eigenvalue weighted by Crippen LogP contribution is 2.18. The second-order valence-corrected chi connectivity index (χ2v) is 6.02. The molecule has 1 fully saturated rings. The highest BCUT2D eigenvalue weighted by Gasteiger charge is 2.27. The van der Waals surface area contributed by atoms with E-state index < -0.39 is 0 Å². The minimum atomic E-state index is 0.150. The molecule has 0 saturated carbocycles. The van der Waals surface area contributed by atoms with Gasteiger partial charge in [-0.25, -0.2) is 0 Å². The van der Waals surface area contributed by atoms with E-state index in [1.165, 1.54) is 19.4 Å². The number of hydrogen-bond acceptors (Lipinski definition) is 4. The minimum absolute atomic E-state index is 0.150. The zero-order chi connectivity index (χ0) is 15.8. The predicted octanol–water partition coefficient (Wildman–Crippen LogP) is 0.988. The molecular formula is C16H34N4O. The normalized spacial score (nSPS) is 21.0. The van der Waals surface area contributed by atoms with E-state index in [2.05, 4.69) is 23.8 Å². The van der Waals surface area contributed by atoms with Crippen molar-refractivity contribution in [1.29, 1.82) is 0 Å². The van der Waals surface area contributed by atoms with Gasteiger partial charge < -0.3 is 15.5 Å². The quantitative estimate of drug-likeness (QED) is 0.690. The van der Waals surface area contributed by atoms with Gasteiger partial charge in [-0.05, 0) is 46.8 Å². The molecule has 1 heterocycles. The summed E-state index contributed by atoms with van der Waals surface area (Å²) in [4.78, 5) is 19.0. The van der Waals surface area contributed by atoms with Crippen molar-refractivity contribution in [3.05, 3.63) is 0 Å². The maximum Gasteiger partial charge on any atom is 0.224 e. The minimum Gasteiger partial charge on any atom is -0.343 e. The number of carbonyl (C=O) groups excluding carboxylic acids is 1. The third kappa shape index (κ3) is 5.24. The maximum atomic E-state index is 12.3. The van der Waals surface area contributed by atoms with E-state index in [0.717, 1.165) is 26.2 Å². The Labute approximate surface area is 130 Å². The summed E-state index contributed by atoms with van der Waals surface area (Å²) >= 11 is 0. The lowest BCUT2D eigenvalue weighted by Crippen LogP contribution is -2.47. The molecule has 2 unspecified atom stereocenters. The second kappa shape index (κ2) is 9.38. The van der Waals surface area contributed by atoms with E-state index in [0.29, 0.717) is 19.0 Å². The van der Waals surface area contributed by atoms with Crippen LogP contribution in [0.1, 0.15) is 40.0 Å². The molecule has 1 aliphatic rings. The molecule has 0 aromatic heterocycles. The molecule has 1 aliphatic heterocycles. The highest BCUT2D eigenvalue weighted by atomic mass is 16.2. The third-order valence-corrected chi connectivity index (χ3v) is 4.83. The molecule has 0 radical (unpaired) electrons. The molecule has 2 N–H and O–H groups in total. The van der Waals surface area contributed by atoms with Gasteiger partial charge in [0.05, 0.1) is 0 Å². The van der Waals surface area contributed by atoms with Crippen LogP contribution in [0.3, 0.4) is 0 Å². The molecule has 1 saturated heterocycles. The van der Waals surface area contributed by atoms with Crippen LogP contribution >= 0.6 is 0 Å². The van der Waals surface area contributed by atoms with Gasteiger partial charge in [0.2, 0.25) is 5.91 Å². The summed E-state index contributed by atoms with van der Waals surface area (Å²) in [6, 6.07) is 0.773. The highest BCUT2D eigenvalue weighted by molar-refractivity contribution is 5.76. The van der Waals surface area contributed by atoms with Crippen molar-refractivity contribution < 1.29 is 4.79 Å². The Kier molecular flexibility index (Phi) is 8.22. The second-order valence-electron chi connectivity index (χ2n) is 6.02. The monoisotopic (exact) mass is 298 g/mol. The van der Waals surface area contributed by atoms with Crippen molar-refractivity contribution >= 4 is 5.91 Å². The topological polar surface area (TPSA) is 52.8 Å². The van der Waals surface area contributed by atoms with E-state index in [1.54, 1.807) is 0 Å². The van der Waals surface area contributed by atoms with Gasteiger partial charge in [-0.3, -0.25) is 9.69 Å². The Morgan fingerprint density at radius 3 is 2.52 bits per heavy atom. The first-order valence-corrected chi connectivity index (χ1v) is 8.49. The summed E-state index contributed by atoms with van der Waals surface area (Å²) in [6.45, 7) is 11.7. The summed E-state index contributed by atoms with van der Waals surface area (Å²) in [7, 11) is 2.11. The van der Waals surface area contributed by atoms with Crippen LogP contribution in [0.2, 0.25) is 0 Å². The SMILES string of the molecule is CCN(CC)C(=O)CC(CN)N(C)CC1CCCN1CC. The Hall–Kier alpha value is -0.650. The molecule has 5 heteroatoms. The third-order valence-electron chi connectivity index (χ3n) is 4.83. The molecule has 21 heavy (non-hydrogen) atoms. The summed E-state index contributed by atoms with van der Waals surface area (Å²) in [6.07, 6.45) is 3.09. The van der Waals surface area contributed by atoms with Crippen molar-refractivity contribution in [2.75, 3.05) is 46.3 Å². The molecule has 0 aliphatic carbocycles. The van der Waals surface area contributed by atoms with Crippen molar-refractivity contribution in [1.82, 2.24) is 14.7 Å². The van der Waals surface area contributed by atoms with Gasteiger partial charge in [-0.1, -0.05) is 6.92 Å². The first-order valence-electron chi connectivity index (χ1n) is 8.49. The Bertz CT molecular complexity index is 307. The van der Waals surface area contributed by atoms with Crippen LogP contribution in [0.5, 0.6) is 0 Å². The van der Waals surface area contributed by atoms with E-state index in [-0.39, 0.29) is 11.9 Å². The van der Waals surface area contributed by atoms with Crippen LogP contribution in [0, 0.1) is 0 Å². The van der Waals surface area contributed by atoms with Gasteiger partial charge in [0.15, 0.2) is 0 Å². The standard InChI is InChI=1S/C16H34N4O/c1-5-19(6-2)16(21)11-15(12-17)18(4)13-14-9-8-10-20(14)7-3/h14-15H,5-13,17H2,1-4H3. The van der Waals surface area contributed by atoms with Gasteiger partial charge in [0.1, 0.15) is 0 Å². The summed E-state index contributed by atoms with van der Waals surface area (Å²) < 4.78 is 0. The molecule has 0 spiro atoms. The van der Waals surface area contributed by atoms with Crippen LogP contribution in [-0.4, -0.2) is 79.0 Å². The van der Waals surface area contributed by atoms with Crippen molar-refractivity contribution in [3.63, 3.8) is 0 Å². The van der Waals surface area contributed by atoms with Gasteiger partial charge in [-0.2, -0.15) is 0 Å². The predicted molar refractivity (Wildman–Crippen MR) is 88.3 cm³/mol. The number of nitrogens with zero attached hydrogens (tertiary/aromatic N) is 3. The number of amides is 1. The van der Waals surface area contributed by atoms with Gasteiger partial charge in [0.25, 0.3) is 0 Å². The van der Waals surface area contributed by atoms with Gasteiger partial charge in [0, 0.05) is 44.7 Å². The van der Waals surface area contributed by atoms with Crippen LogP contribution in [0.15, 0.2) is 0 Å². The van der Waals surface area contributed by atoms with E-state index in [1.807, 2.05) is 18.7 Å². The summed E-state index contributed by atoms with van der Waals surface area (Å²) in [5.41, 5.74) is 5.92. The number of nitrogens with two attached hydrogens (primary N) is 1. The smallest absolute Gasteiger partial charge is 0.224 e. The number of likely N-dealkylation sites (N-methyl/N-ethyl adjacent to an activating group) is 2. The molecule has 0 aromatic carbocycles. The summed E-state index contributed by atoms with van der Waals surface area (Å²) in [5, 5.41) is 0. The maximum absolute atomic E-state index is 12.3. The number of likely N-dealkylation sites (tertiary alicyclic amines) is 1. The average Bonchev–Trinajstić information content (AvgIpc) is 2.92. The Morgan fingerprint density at radius 1 is 1.33 bits per heavy atom. The first-order chi connectivity index (χ1) is 10.1. The first kappa shape index (κ1) is 18.4. The lowest BCUT2D eigenvalue weighted by molar-refractivity contribution is -0.132. The fourth-order valence-corrected chi connectivity index (χ4v) is 3.33. The molecule has 2 atom stereocenters. The molecular weight excluding hydrogens is 264 g/mol. The van der Waals surface area contributed by atoms with Crippen LogP contribution < -0.4 is 5.73 Å². The fraction of sp³-hybridized carbons (Fsp3) is 0.938. The molecule has 1 amide bonds. The number of carbonyl (C=O) groups is 1.